The SMILES string of the molecule is O=C(O)NS(=O)(=O)Nc1nc2ccccc2[nH]1. The first-order valence-corrected chi connectivity index (χ1v) is 5.93. The van der Waals surface area contributed by atoms with E-state index in [0.29, 0.717) is 11.0 Å². The fourth-order valence-corrected chi connectivity index (χ4v) is 1.90. The maximum Gasteiger partial charge on any atom is 0.419 e. The van der Waals surface area contributed by atoms with Gasteiger partial charge in [0.15, 0.2) is 0 Å². The van der Waals surface area contributed by atoms with Gasteiger partial charge in [-0.05, 0) is 12.1 Å². The highest BCUT2D eigenvalue weighted by Gasteiger charge is 2.15. The topological polar surface area (TPSA) is 124 Å². The summed E-state index contributed by atoms with van der Waals surface area (Å²) in [5.41, 5.74) is 1.21. The van der Waals surface area contributed by atoms with Crippen molar-refractivity contribution in [2.24, 2.45) is 0 Å². The molecule has 0 unspecified atom stereocenters. The number of H-pyrrole nitrogens is 1. The number of carboxylic acid groups (broad SMARTS) is 1. The number of anilines is 1. The number of rotatable bonds is 3. The van der Waals surface area contributed by atoms with Gasteiger partial charge in [-0.3, -0.25) is 0 Å². The lowest BCUT2D eigenvalue weighted by Gasteiger charge is -2.02. The number of aromatic nitrogens is 2. The van der Waals surface area contributed by atoms with Gasteiger partial charge in [0.1, 0.15) is 0 Å². The average Bonchev–Trinajstić information content (AvgIpc) is 2.55. The first kappa shape index (κ1) is 11.2. The molecule has 0 aliphatic rings. The van der Waals surface area contributed by atoms with E-state index in [1.807, 2.05) is 4.72 Å². The molecule has 2 rings (SSSR count). The smallest absolute Gasteiger partial charge is 0.419 e. The van der Waals surface area contributed by atoms with Crippen LogP contribution in [0.1, 0.15) is 0 Å². The number of hydrogen-bond donors (Lipinski definition) is 4. The minimum atomic E-state index is -4.17. The number of aromatic amines is 1. The van der Waals surface area contributed by atoms with Crippen LogP contribution in [0, 0.1) is 0 Å². The Balaban J connectivity index is 2.27. The number of hydrogen-bond acceptors (Lipinski definition) is 4. The normalized spacial score (nSPS) is 11.3. The van der Waals surface area contributed by atoms with Crippen molar-refractivity contribution in [2.45, 2.75) is 0 Å². The van der Waals surface area contributed by atoms with Crippen LogP contribution in [0.4, 0.5) is 10.7 Å². The maximum absolute atomic E-state index is 11.2. The highest BCUT2D eigenvalue weighted by atomic mass is 32.2. The van der Waals surface area contributed by atoms with Crippen LogP contribution in [0.3, 0.4) is 0 Å². The van der Waals surface area contributed by atoms with E-state index >= 15 is 0 Å². The van der Waals surface area contributed by atoms with Gasteiger partial charge in [-0.15, -0.1) is 0 Å². The first-order chi connectivity index (χ1) is 7.96. The van der Waals surface area contributed by atoms with E-state index in [1.165, 1.54) is 4.72 Å². The highest BCUT2D eigenvalue weighted by molar-refractivity contribution is 7.91. The lowest BCUT2D eigenvalue weighted by molar-refractivity contribution is 0.201. The van der Waals surface area contributed by atoms with Gasteiger partial charge in [-0.2, -0.15) is 8.42 Å². The highest BCUT2D eigenvalue weighted by Crippen LogP contribution is 2.13. The summed E-state index contributed by atoms with van der Waals surface area (Å²) >= 11 is 0. The second kappa shape index (κ2) is 3.94. The second-order valence-corrected chi connectivity index (χ2v) is 4.53. The molecule has 8 nitrogen and oxygen atoms in total. The van der Waals surface area contributed by atoms with Crippen molar-refractivity contribution in [2.75, 3.05) is 4.72 Å². The Kier molecular flexibility index (Phi) is 2.60. The van der Waals surface area contributed by atoms with Crippen LogP contribution in [0.25, 0.3) is 11.0 Å². The van der Waals surface area contributed by atoms with Gasteiger partial charge in [0, 0.05) is 0 Å². The predicted octanol–water partition coefficient (Wildman–Crippen LogP) is 0.487. The van der Waals surface area contributed by atoms with Crippen molar-refractivity contribution < 1.29 is 18.3 Å². The molecule has 2 aromatic rings. The van der Waals surface area contributed by atoms with Crippen molar-refractivity contribution in [3.8, 4) is 0 Å². The van der Waals surface area contributed by atoms with E-state index < -0.39 is 16.3 Å². The van der Waals surface area contributed by atoms with Gasteiger partial charge in [0.2, 0.25) is 5.95 Å². The van der Waals surface area contributed by atoms with Crippen molar-refractivity contribution in [3.05, 3.63) is 24.3 Å². The second-order valence-electron chi connectivity index (χ2n) is 3.12. The Labute approximate surface area is 95.9 Å². The number of nitrogens with zero attached hydrogens (tertiary/aromatic N) is 1. The molecule has 90 valence electrons. The Morgan fingerprint density at radius 2 is 2.06 bits per heavy atom. The van der Waals surface area contributed by atoms with Crippen LogP contribution >= 0.6 is 0 Å². The van der Waals surface area contributed by atoms with Gasteiger partial charge >= 0.3 is 16.3 Å². The van der Waals surface area contributed by atoms with Crippen LogP contribution in [-0.4, -0.2) is 29.6 Å². The molecule has 1 amide bonds. The molecule has 0 saturated heterocycles. The summed E-state index contributed by atoms with van der Waals surface area (Å²) in [6, 6.07) is 6.91. The van der Waals surface area contributed by atoms with E-state index in [0.717, 1.165) is 0 Å². The van der Waals surface area contributed by atoms with Crippen LogP contribution in [0.2, 0.25) is 0 Å². The van der Waals surface area contributed by atoms with Gasteiger partial charge in [-0.25, -0.2) is 19.2 Å². The standard InChI is InChI=1S/C8H8N4O4S/c13-8(14)12-17(15,16)11-7-9-5-3-1-2-4-6(5)10-7/h1-4,12H,(H,13,14)(H2,9,10,11). The van der Waals surface area contributed by atoms with Crippen LogP contribution in [0.5, 0.6) is 0 Å². The van der Waals surface area contributed by atoms with Crippen molar-refractivity contribution in [3.63, 3.8) is 0 Å². The predicted molar refractivity (Wildman–Crippen MR) is 59.8 cm³/mol. The number of nitrogens with one attached hydrogen (secondary N) is 3. The zero-order valence-corrected chi connectivity index (χ0v) is 9.15. The van der Waals surface area contributed by atoms with Crippen LogP contribution in [0.15, 0.2) is 24.3 Å². The van der Waals surface area contributed by atoms with Crippen molar-refractivity contribution in [1.82, 2.24) is 14.7 Å². The van der Waals surface area contributed by atoms with E-state index in [4.69, 9.17) is 5.11 Å². The summed E-state index contributed by atoms with van der Waals surface area (Å²) in [7, 11) is -4.17. The number of benzene rings is 1. The van der Waals surface area contributed by atoms with Gasteiger partial charge in [0.05, 0.1) is 11.0 Å². The molecule has 0 saturated carbocycles. The quantitative estimate of drug-likeness (QED) is 0.636. The van der Waals surface area contributed by atoms with Crippen LogP contribution < -0.4 is 9.44 Å². The van der Waals surface area contributed by atoms with E-state index in [9.17, 15) is 13.2 Å². The largest absolute Gasteiger partial charge is 0.464 e. The first-order valence-electron chi connectivity index (χ1n) is 4.44. The third-order valence-electron chi connectivity index (χ3n) is 1.84. The molecule has 0 radical (unpaired) electrons. The molecule has 0 aliphatic heterocycles. The molecule has 0 bridgehead atoms. The molecule has 0 spiro atoms. The molecule has 1 aromatic heterocycles. The molecule has 4 N–H and O–H groups in total. The molecule has 0 aliphatic carbocycles. The third kappa shape index (κ3) is 2.64. The Hall–Kier alpha value is -2.29. The summed E-state index contributed by atoms with van der Waals surface area (Å²) in [6.45, 7) is 0. The molecule has 9 heteroatoms. The number of imidazole rings is 1. The molecule has 1 aromatic carbocycles. The summed E-state index contributed by atoms with van der Waals surface area (Å²) in [5.74, 6) is -0.0556. The molecule has 0 atom stereocenters. The van der Waals surface area contributed by atoms with Crippen molar-refractivity contribution in [1.29, 1.82) is 0 Å². The zero-order chi connectivity index (χ0) is 12.5. The molecule has 0 fully saturated rings. The summed E-state index contributed by atoms with van der Waals surface area (Å²) in [6.07, 6.45) is -1.67. The van der Waals surface area contributed by atoms with Crippen molar-refractivity contribution >= 4 is 33.3 Å². The Morgan fingerprint density at radius 1 is 1.35 bits per heavy atom. The van der Waals surface area contributed by atoms with Crippen LogP contribution in [-0.2, 0) is 10.2 Å². The van der Waals surface area contributed by atoms with Gasteiger partial charge in [0.25, 0.3) is 0 Å². The molecule has 1 heterocycles. The lowest BCUT2D eigenvalue weighted by Crippen LogP contribution is -2.34. The zero-order valence-electron chi connectivity index (χ0n) is 8.34. The Bertz CT molecular complexity index is 630. The molecule has 17 heavy (non-hydrogen) atoms. The maximum atomic E-state index is 11.2. The summed E-state index contributed by atoms with van der Waals surface area (Å²) in [5, 5.41) is 8.31. The van der Waals surface area contributed by atoms with E-state index in [-0.39, 0.29) is 5.95 Å². The number of carbonyl (C=O) groups is 1. The fourth-order valence-electron chi connectivity index (χ4n) is 1.27. The average molecular weight is 256 g/mol. The number of para-hydroxylation sites is 2. The van der Waals surface area contributed by atoms with E-state index in [2.05, 4.69) is 9.97 Å². The fraction of sp³-hybridized carbons (Fsp3) is 0. The summed E-state index contributed by atoms with van der Waals surface area (Å²) in [4.78, 5) is 16.8. The number of fused-ring (bicyclic) bond motifs is 1. The molecular weight excluding hydrogens is 248 g/mol. The van der Waals surface area contributed by atoms with Gasteiger partial charge < -0.3 is 10.1 Å². The summed E-state index contributed by atoms with van der Waals surface area (Å²) < 4.78 is 25.7. The van der Waals surface area contributed by atoms with Gasteiger partial charge in [-0.1, -0.05) is 12.1 Å². The third-order valence-corrected chi connectivity index (χ3v) is 2.75. The number of amides is 1. The van der Waals surface area contributed by atoms with E-state index in [1.54, 1.807) is 24.3 Å². The Morgan fingerprint density at radius 3 is 2.71 bits per heavy atom. The minimum absolute atomic E-state index is 0.0556. The molecular formula is C8H8N4O4S. The lowest BCUT2D eigenvalue weighted by atomic mass is 10.3. The minimum Gasteiger partial charge on any atom is -0.464 e. The monoisotopic (exact) mass is 256 g/mol.